The number of thiophene rings is 3. The van der Waals surface area contributed by atoms with E-state index >= 15 is 0 Å². The Balaban J connectivity index is 1.08. The normalized spacial score (nSPS) is 17.8. The van der Waals surface area contributed by atoms with Crippen LogP contribution < -0.4 is 4.74 Å². The smallest absolute Gasteiger partial charge is 0.175 e. The highest BCUT2D eigenvalue weighted by molar-refractivity contribution is 7.30. The van der Waals surface area contributed by atoms with Crippen molar-refractivity contribution in [3.63, 3.8) is 0 Å². The van der Waals surface area contributed by atoms with Crippen LogP contribution in [0.2, 0.25) is 0 Å². The average molecular weight is 641 g/mol. The van der Waals surface area contributed by atoms with Gasteiger partial charge in [0.25, 0.3) is 0 Å². The third-order valence-corrected chi connectivity index (χ3v) is 14.2. The zero-order valence-electron chi connectivity index (χ0n) is 27.6. The summed E-state index contributed by atoms with van der Waals surface area (Å²) in [6, 6.07) is 14.8. The minimum absolute atomic E-state index is 0.0165. The molecule has 0 spiro atoms. The number of hydrogen-bond acceptors (Lipinski definition) is 4. The number of fused-ring (bicyclic) bond motifs is 9. The molecule has 5 aromatic rings. The van der Waals surface area contributed by atoms with Crippen LogP contribution in [0.4, 0.5) is 0 Å². The molecule has 2 aromatic carbocycles. The lowest BCUT2D eigenvalue weighted by atomic mass is 9.77. The van der Waals surface area contributed by atoms with E-state index < -0.39 is 0 Å². The summed E-state index contributed by atoms with van der Waals surface area (Å²) in [5.74, 6) is 0. The first-order valence-corrected chi connectivity index (χ1v) is 19.6. The van der Waals surface area contributed by atoms with Gasteiger partial charge >= 0.3 is 0 Å². The first kappa shape index (κ1) is 30.5. The van der Waals surface area contributed by atoms with E-state index in [2.05, 4.69) is 77.9 Å². The van der Waals surface area contributed by atoms with Crippen LogP contribution in [0.15, 0.2) is 36.4 Å². The summed E-state index contributed by atoms with van der Waals surface area (Å²) >= 11 is 5.82. The summed E-state index contributed by atoms with van der Waals surface area (Å²) in [5.41, 5.74) is 9.04. The van der Waals surface area contributed by atoms with E-state index in [0.717, 1.165) is 24.5 Å². The van der Waals surface area contributed by atoms with E-state index in [1.807, 2.05) is 34.0 Å². The van der Waals surface area contributed by atoms with Gasteiger partial charge in [-0.15, -0.1) is 22.7 Å². The molecule has 3 heterocycles. The molecule has 2 aliphatic rings. The van der Waals surface area contributed by atoms with E-state index in [0.29, 0.717) is 0 Å². The van der Waals surface area contributed by atoms with E-state index in [1.165, 1.54) is 126 Å². The minimum Gasteiger partial charge on any atom is -0.484 e. The van der Waals surface area contributed by atoms with Crippen molar-refractivity contribution >= 4 is 54.2 Å². The zero-order chi connectivity index (χ0) is 30.6. The second kappa shape index (κ2) is 11.9. The largest absolute Gasteiger partial charge is 0.484 e. The predicted molar refractivity (Wildman–Crippen MR) is 197 cm³/mol. The fraction of sp³-hybridized carbons (Fsp3) is 0.500. The van der Waals surface area contributed by atoms with Crippen LogP contribution in [-0.2, 0) is 10.8 Å². The first-order chi connectivity index (χ1) is 21.3. The highest BCUT2D eigenvalue weighted by Gasteiger charge is 2.42. The van der Waals surface area contributed by atoms with Gasteiger partial charge in [0.05, 0.1) is 11.3 Å². The lowest BCUT2D eigenvalue weighted by Gasteiger charge is -2.25. The van der Waals surface area contributed by atoms with Crippen LogP contribution in [0.3, 0.4) is 0 Å². The molecule has 0 saturated carbocycles. The fourth-order valence-electron chi connectivity index (χ4n) is 7.94. The summed E-state index contributed by atoms with van der Waals surface area (Å²) in [4.78, 5) is 4.39. The van der Waals surface area contributed by atoms with Gasteiger partial charge in [0.2, 0.25) is 0 Å². The molecule has 3 aromatic heterocycles. The number of unbranched alkanes of at least 4 members (excludes halogenated alkanes) is 9. The Bertz CT molecular complexity index is 1830. The number of hydrogen-bond donors (Lipinski definition) is 0. The summed E-state index contributed by atoms with van der Waals surface area (Å²) < 4.78 is 9.15. The van der Waals surface area contributed by atoms with Gasteiger partial charge in [-0.3, -0.25) is 0 Å². The van der Waals surface area contributed by atoms with Crippen molar-refractivity contribution in [2.45, 2.75) is 123 Å². The second-order valence-electron chi connectivity index (χ2n) is 14.1. The molecule has 1 atom stereocenters. The predicted octanol–water partition coefficient (Wildman–Crippen LogP) is 13.8. The van der Waals surface area contributed by atoms with Gasteiger partial charge in [0.1, 0.15) is 0 Å². The summed E-state index contributed by atoms with van der Waals surface area (Å²) in [6.07, 6.45) is 14.7. The van der Waals surface area contributed by atoms with Gasteiger partial charge in [0.15, 0.2) is 5.06 Å². The van der Waals surface area contributed by atoms with Crippen molar-refractivity contribution in [1.29, 1.82) is 0 Å². The van der Waals surface area contributed by atoms with Crippen LogP contribution in [-0.4, -0.2) is 6.61 Å². The first-order valence-electron chi connectivity index (χ1n) is 17.2. The quantitative estimate of drug-likeness (QED) is 0.116. The third kappa shape index (κ3) is 4.99. The molecule has 0 amide bonds. The van der Waals surface area contributed by atoms with E-state index in [-0.39, 0.29) is 10.8 Å². The van der Waals surface area contributed by atoms with Crippen LogP contribution in [0.25, 0.3) is 41.1 Å². The molecule has 0 saturated heterocycles. The van der Waals surface area contributed by atoms with Gasteiger partial charge in [0, 0.05) is 36.2 Å². The lowest BCUT2D eigenvalue weighted by molar-refractivity contribution is 0.313. The highest BCUT2D eigenvalue weighted by atomic mass is 32.1. The zero-order valence-corrected chi connectivity index (χ0v) is 30.0. The Morgan fingerprint density at radius 1 is 0.636 bits per heavy atom. The minimum atomic E-state index is -0.0165. The van der Waals surface area contributed by atoms with E-state index in [9.17, 15) is 0 Å². The maximum Gasteiger partial charge on any atom is 0.175 e. The van der Waals surface area contributed by atoms with Crippen LogP contribution in [0.1, 0.15) is 132 Å². The van der Waals surface area contributed by atoms with Crippen molar-refractivity contribution in [2.75, 3.05) is 6.61 Å². The second-order valence-corrected chi connectivity index (χ2v) is 17.5. The molecular weight excluding hydrogens is 593 g/mol. The van der Waals surface area contributed by atoms with Crippen molar-refractivity contribution in [3.8, 4) is 25.9 Å². The number of rotatable bonds is 13. The van der Waals surface area contributed by atoms with Crippen LogP contribution >= 0.6 is 34.0 Å². The molecule has 1 nitrogen and oxygen atoms in total. The standard InChI is InChI=1S/C40H48OS3/c1-7-9-10-11-12-13-14-15-16-17-18-41-34-24-33-38(44-34)35-37(43-33)28-20-27-23-31-29(21-26(27)22-30(28)39(35,4)5)36-32(19-25(3)42-36)40(31,6)8-2/h19-24H,7-18H2,1-6H3. The Morgan fingerprint density at radius 3 is 1.95 bits per heavy atom. The SMILES string of the molecule is CCCCCCCCCCCCOc1cc2sc3c(c2s1)C(C)(C)c1cc2cc4c(cc2cc1-3)C(C)(CC)c1cc(C)sc1-4. The molecule has 232 valence electrons. The number of benzene rings is 2. The number of ether oxygens (including phenoxy) is 1. The third-order valence-electron chi connectivity index (χ3n) is 10.7. The van der Waals surface area contributed by atoms with Crippen molar-refractivity contribution in [2.24, 2.45) is 0 Å². The van der Waals surface area contributed by atoms with Gasteiger partial charge in [-0.1, -0.05) is 104 Å². The summed E-state index contributed by atoms with van der Waals surface area (Å²) in [5, 5.41) is 3.86. The molecular formula is C40H48OS3. The molecule has 0 fully saturated rings. The maximum atomic E-state index is 6.32. The molecule has 1 unspecified atom stereocenters. The molecule has 0 aliphatic heterocycles. The van der Waals surface area contributed by atoms with Crippen molar-refractivity contribution in [1.82, 2.24) is 0 Å². The van der Waals surface area contributed by atoms with Gasteiger partial charge in [-0.2, -0.15) is 0 Å². The Labute approximate surface area is 276 Å². The molecule has 44 heavy (non-hydrogen) atoms. The summed E-state index contributed by atoms with van der Waals surface area (Å²) in [6.45, 7) is 15.1. The van der Waals surface area contributed by atoms with Crippen molar-refractivity contribution in [3.05, 3.63) is 63.5 Å². The van der Waals surface area contributed by atoms with E-state index in [1.54, 1.807) is 0 Å². The van der Waals surface area contributed by atoms with Gasteiger partial charge < -0.3 is 4.74 Å². The van der Waals surface area contributed by atoms with Crippen LogP contribution in [0.5, 0.6) is 5.06 Å². The monoisotopic (exact) mass is 640 g/mol. The number of aryl methyl sites for hydroxylation is 1. The van der Waals surface area contributed by atoms with E-state index in [4.69, 9.17) is 4.74 Å². The molecule has 4 heteroatoms. The lowest BCUT2D eigenvalue weighted by Crippen LogP contribution is -2.18. The molecule has 7 rings (SSSR count). The Morgan fingerprint density at radius 2 is 1.27 bits per heavy atom. The molecule has 2 aliphatic carbocycles. The van der Waals surface area contributed by atoms with Gasteiger partial charge in [-0.05, 0) is 94.3 Å². The molecule has 0 radical (unpaired) electrons. The average Bonchev–Trinajstić information content (AvgIpc) is 3.77. The Hall–Kier alpha value is -2.14. The summed E-state index contributed by atoms with van der Waals surface area (Å²) in [7, 11) is 0. The van der Waals surface area contributed by atoms with Crippen LogP contribution in [0, 0.1) is 6.92 Å². The maximum absolute atomic E-state index is 6.32. The Kier molecular flexibility index (Phi) is 8.25. The highest BCUT2D eigenvalue weighted by Crippen LogP contribution is 2.60. The molecule has 0 N–H and O–H groups in total. The van der Waals surface area contributed by atoms with Gasteiger partial charge in [-0.25, -0.2) is 0 Å². The van der Waals surface area contributed by atoms with Crippen molar-refractivity contribution < 1.29 is 4.74 Å². The topological polar surface area (TPSA) is 9.23 Å². The molecule has 0 bridgehead atoms. The fourth-order valence-corrected chi connectivity index (χ4v) is 12.0.